The first-order valence-electron chi connectivity index (χ1n) is 18.0. The first kappa shape index (κ1) is 38.4. The average molecular weight is 691 g/mol. The topological polar surface area (TPSA) is 149 Å². The highest BCUT2D eigenvalue weighted by molar-refractivity contribution is 6.01. The Balaban J connectivity index is 1.61. The van der Waals surface area contributed by atoms with Crippen LogP contribution in [0, 0.1) is 5.92 Å². The fourth-order valence-corrected chi connectivity index (χ4v) is 6.33. The van der Waals surface area contributed by atoms with Crippen molar-refractivity contribution in [2.45, 2.75) is 89.9 Å². The first-order valence-corrected chi connectivity index (χ1v) is 18.0. The molecular weight excluding hydrogens is 636 g/mol. The van der Waals surface area contributed by atoms with Crippen molar-refractivity contribution in [3.63, 3.8) is 0 Å². The van der Waals surface area contributed by atoms with Gasteiger partial charge in [0, 0.05) is 20.0 Å². The maximum atomic E-state index is 14.0. The van der Waals surface area contributed by atoms with Crippen LogP contribution in [0.25, 0.3) is 0 Å². The van der Waals surface area contributed by atoms with E-state index in [-0.39, 0.29) is 42.6 Å². The van der Waals surface area contributed by atoms with E-state index in [0.29, 0.717) is 6.54 Å². The summed E-state index contributed by atoms with van der Waals surface area (Å²) in [5.74, 6) is -2.47. The van der Waals surface area contributed by atoms with Crippen molar-refractivity contribution < 1.29 is 28.7 Å². The number of rotatable bonds is 8. The van der Waals surface area contributed by atoms with Crippen LogP contribution in [-0.4, -0.2) is 103 Å². The lowest BCUT2D eigenvalue weighted by Gasteiger charge is -2.31. The molecule has 0 spiro atoms. The van der Waals surface area contributed by atoms with Crippen LogP contribution in [0.3, 0.4) is 0 Å². The second-order valence-electron chi connectivity index (χ2n) is 13.8. The van der Waals surface area contributed by atoms with Gasteiger partial charge in [0.2, 0.25) is 23.6 Å². The normalized spacial score (nSPS) is 23.4. The minimum atomic E-state index is -1.22. The zero-order valence-corrected chi connectivity index (χ0v) is 29.9. The predicted octanol–water partition coefficient (Wildman–Crippen LogP) is 2.67. The van der Waals surface area contributed by atoms with Crippen molar-refractivity contribution in [2.24, 2.45) is 5.92 Å². The van der Waals surface area contributed by atoms with Gasteiger partial charge in [-0.3, -0.25) is 24.0 Å². The predicted molar refractivity (Wildman–Crippen MR) is 191 cm³/mol. The minimum absolute atomic E-state index is 0.0492. The van der Waals surface area contributed by atoms with Crippen molar-refractivity contribution in [1.82, 2.24) is 31.1 Å². The number of nitrogens with one attached hydrogen (secondary N) is 4. The van der Waals surface area contributed by atoms with E-state index in [9.17, 15) is 24.0 Å². The highest BCUT2D eigenvalue weighted by Gasteiger charge is 2.35. The van der Waals surface area contributed by atoms with E-state index in [4.69, 9.17) is 4.74 Å². The van der Waals surface area contributed by atoms with Crippen molar-refractivity contribution in [3.05, 3.63) is 65.7 Å². The summed E-state index contributed by atoms with van der Waals surface area (Å²) in [6.07, 6.45) is 5.36. The fourth-order valence-electron chi connectivity index (χ4n) is 6.33. The van der Waals surface area contributed by atoms with E-state index >= 15 is 0 Å². The number of likely N-dealkylation sites (N-methyl/N-ethyl adjacent to an activating group) is 1. The van der Waals surface area contributed by atoms with Gasteiger partial charge < -0.3 is 35.8 Å². The number of carbonyl (C=O) groups excluding carboxylic acids is 5. The third kappa shape index (κ3) is 11.3. The van der Waals surface area contributed by atoms with Gasteiger partial charge in [0.15, 0.2) is 0 Å². The maximum absolute atomic E-state index is 14.0. The molecule has 4 rings (SSSR count). The molecule has 272 valence electrons. The van der Waals surface area contributed by atoms with Crippen LogP contribution in [0.4, 0.5) is 0 Å². The van der Waals surface area contributed by atoms with Crippen LogP contribution in [-0.2, 0) is 25.6 Å². The SMILES string of the molecule is CC(C)[C@H]1NC(=O)[C@H](Cc2ccccc2)N(C)C(=O)C[C@@H](C(=O)NCCCN2CCCCCC2)NC(=O)c2ccccc2OC[C@H](C)NC1=O. The highest BCUT2D eigenvalue weighted by Crippen LogP contribution is 2.20. The molecule has 12 nitrogen and oxygen atoms in total. The summed E-state index contributed by atoms with van der Waals surface area (Å²) in [6.45, 7) is 8.83. The monoisotopic (exact) mass is 690 g/mol. The molecule has 1 saturated heterocycles. The summed E-state index contributed by atoms with van der Waals surface area (Å²) in [7, 11) is 1.51. The van der Waals surface area contributed by atoms with E-state index in [2.05, 4.69) is 26.2 Å². The Kier molecular flexibility index (Phi) is 14.6. The summed E-state index contributed by atoms with van der Waals surface area (Å²) in [4.78, 5) is 72.4. The van der Waals surface area contributed by atoms with Gasteiger partial charge in [-0.2, -0.15) is 0 Å². The smallest absolute Gasteiger partial charge is 0.255 e. The number of hydrogen-bond donors (Lipinski definition) is 4. The molecule has 0 unspecified atom stereocenters. The van der Waals surface area contributed by atoms with Gasteiger partial charge in [0.05, 0.1) is 18.0 Å². The highest BCUT2D eigenvalue weighted by atomic mass is 16.5. The number of likely N-dealkylation sites (tertiary alicyclic amines) is 1. The minimum Gasteiger partial charge on any atom is -0.491 e. The zero-order chi connectivity index (χ0) is 36.0. The average Bonchev–Trinajstić information content (AvgIpc) is 3.38. The Morgan fingerprint density at radius 1 is 0.900 bits per heavy atom. The van der Waals surface area contributed by atoms with Crippen LogP contribution < -0.4 is 26.0 Å². The molecule has 2 heterocycles. The number of fused-ring (bicyclic) bond motifs is 1. The summed E-state index contributed by atoms with van der Waals surface area (Å²) >= 11 is 0. The van der Waals surface area contributed by atoms with Crippen molar-refractivity contribution in [2.75, 3.05) is 39.8 Å². The molecule has 0 bridgehead atoms. The van der Waals surface area contributed by atoms with Gasteiger partial charge >= 0.3 is 0 Å². The van der Waals surface area contributed by atoms with Crippen LogP contribution in [0.5, 0.6) is 5.75 Å². The van der Waals surface area contributed by atoms with Gasteiger partial charge in [0.25, 0.3) is 5.91 Å². The Morgan fingerprint density at radius 3 is 2.28 bits per heavy atom. The number of ether oxygens (including phenoxy) is 1. The number of benzene rings is 2. The molecule has 2 aliphatic heterocycles. The van der Waals surface area contributed by atoms with E-state index in [1.54, 1.807) is 31.2 Å². The second-order valence-corrected chi connectivity index (χ2v) is 13.8. The fraction of sp³-hybridized carbons (Fsp3) is 0.553. The largest absolute Gasteiger partial charge is 0.491 e. The van der Waals surface area contributed by atoms with Crippen LogP contribution >= 0.6 is 0 Å². The summed E-state index contributed by atoms with van der Waals surface area (Å²) in [5.41, 5.74) is 1.01. The standard InChI is InChI=1S/C38H54N6O6/c1-26(2)34-38(49)40-27(3)25-50-32-18-11-10-17-29(32)35(46)41-30(36(47)39-19-14-22-44-20-12-5-6-13-21-44)24-33(45)43(4)31(37(48)42-34)23-28-15-8-7-9-16-28/h7-11,15-18,26-27,30-31,34H,5-6,12-14,19-25H2,1-4H3,(H,39,47)(H,40,49)(H,41,46)(H,42,48)/t27-,30-,31-,34+/m0/s1. The summed E-state index contributed by atoms with van der Waals surface area (Å²) < 4.78 is 5.98. The molecule has 2 aliphatic rings. The van der Waals surface area contributed by atoms with Crippen molar-refractivity contribution in [3.8, 4) is 5.75 Å². The van der Waals surface area contributed by atoms with E-state index in [0.717, 1.165) is 31.6 Å². The molecule has 4 atom stereocenters. The molecular formula is C38H54N6O6. The van der Waals surface area contributed by atoms with Crippen LogP contribution in [0.2, 0.25) is 0 Å². The lowest BCUT2D eigenvalue weighted by molar-refractivity contribution is -0.141. The summed E-state index contributed by atoms with van der Waals surface area (Å²) in [5, 5.41) is 11.5. The molecule has 5 amide bonds. The zero-order valence-electron chi connectivity index (χ0n) is 29.9. The van der Waals surface area contributed by atoms with Gasteiger partial charge in [-0.05, 0) is 69.4 Å². The molecule has 0 aliphatic carbocycles. The molecule has 0 radical (unpaired) electrons. The molecule has 0 saturated carbocycles. The number of nitrogens with zero attached hydrogens (tertiary/aromatic N) is 2. The Hall–Kier alpha value is -4.45. The number of carbonyl (C=O) groups is 5. The van der Waals surface area contributed by atoms with E-state index in [1.807, 2.05) is 44.2 Å². The third-order valence-corrected chi connectivity index (χ3v) is 9.34. The van der Waals surface area contributed by atoms with Gasteiger partial charge in [0.1, 0.15) is 30.5 Å². The molecule has 4 N–H and O–H groups in total. The molecule has 1 fully saturated rings. The van der Waals surface area contributed by atoms with Crippen LogP contribution in [0.15, 0.2) is 54.6 Å². The molecule has 12 heteroatoms. The van der Waals surface area contributed by atoms with Crippen molar-refractivity contribution >= 4 is 29.5 Å². The maximum Gasteiger partial charge on any atom is 0.255 e. The van der Waals surface area contributed by atoms with E-state index in [1.165, 1.54) is 37.6 Å². The lowest BCUT2D eigenvalue weighted by atomic mass is 9.99. The number of amides is 5. The van der Waals surface area contributed by atoms with Gasteiger partial charge in [-0.15, -0.1) is 0 Å². The third-order valence-electron chi connectivity index (χ3n) is 9.34. The van der Waals surface area contributed by atoms with Crippen molar-refractivity contribution in [1.29, 1.82) is 0 Å². The quantitative estimate of drug-likeness (QED) is 0.312. The Bertz CT molecular complexity index is 1440. The Morgan fingerprint density at radius 2 is 1.58 bits per heavy atom. The Labute approximate surface area is 296 Å². The second kappa shape index (κ2) is 19.1. The summed E-state index contributed by atoms with van der Waals surface area (Å²) in [6, 6.07) is 12.4. The first-order chi connectivity index (χ1) is 24.0. The van der Waals surface area contributed by atoms with Gasteiger partial charge in [-0.1, -0.05) is 69.2 Å². The van der Waals surface area contributed by atoms with Crippen LogP contribution in [0.1, 0.15) is 75.2 Å². The number of hydrogen-bond acceptors (Lipinski definition) is 7. The number of para-hydroxylation sites is 1. The molecule has 2 aromatic carbocycles. The molecule has 0 aromatic heterocycles. The lowest BCUT2D eigenvalue weighted by Crippen LogP contribution is -2.58. The van der Waals surface area contributed by atoms with Gasteiger partial charge in [-0.25, -0.2) is 0 Å². The molecule has 50 heavy (non-hydrogen) atoms. The molecule has 2 aromatic rings. The van der Waals surface area contributed by atoms with E-state index < -0.39 is 47.8 Å².